The van der Waals surface area contributed by atoms with Crippen LogP contribution in [0.2, 0.25) is 0 Å². The third-order valence-electron chi connectivity index (χ3n) is 3.73. The van der Waals surface area contributed by atoms with E-state index < -0.39 is 11.6 Å². The van der Waals surface area contributed by atoms with E-state index in [1.807, 2.05) is 7.05 Å². The van der Waals surface area contributed by atoms with Crippen LogP contribution in [0.5, 0.6) is 0 Å². The summed E-state index contributed by atoms with van der Waals surface area (Å²) in [6, 6.07) is 2.50. The van der Waals surface area contributed by atoms with Crippen LogP contribution in [0.1, 0.15) is 43.9 Å². The lowest BCUT2D eigenvalue weighted by molar-refractivity contribution is 0.279. The molecule has 1 aromatic carbocycles. The highest BCUT2D eigenvalue weighted by atomic mass is 19.1. The monoisotopic (exact) mass is 239 g/mol. The second-order valence-corrected chi connectivity index (χ2v) is 5.66. The van der Waals surface area contributed by atoms with Crippen LogP contribution < -0.4 is 5.32 Å². The molecule has 1 unspecified atom stereocenters. The smallest absolute Gasteiger partial charge is 0.129 e. The first-order valence-electron chi connectivity index (χ1n) is 6.08. The second kappa shape index (κ2) is 4.37. The molecule has 1 aromatic rings. The van der Waals surface area contributed by atoms with Gasteiger partial charge in [0.15, 0.2) is 0 Å². The number of hydrogen-bond donors (Lipinski definition) is 1. The number of rotatable bonds is 1. The van der Waals surface area contributed by atoms with E-state index in [0.717, 1.165) is 24.5 Å². The Morgan fingerprint density at radius 3 is 2.65 bits per heavy atom. The average molecular weight is 239 g/mol. The molecule has 0 bridgehead atoms. The fourth-order valence-corrected chi connectivity index (χ4v) is 2.68. The van der Waals surface area contributed by atoms with Crippen molar-refractivity contribution < 1.29 is 8.78 Å². The van der Waals surface area contributed by atoms with Gasteiger partial charge in [-0.25, -0.2) is 8.78 Å². The van der Waals surface area contributed by atoms with Crippen molar-refractivity contribution in [1.82, 2.24) is 5.32 Å². The van der Waals surface area contributed by atoms with Crippen LogP contribution in [0, 0.1) is 17.0 Å². The van der Waals surface area contributed by atoms with Crippen LogP contribution in [0.25, 0.3) is 0 Å². The van der Waals surface area contributed by atoms with Crippen molar-refractivity contribution >= 4 is 0 Å². The standard InChI is InChI=1S/C14H19F2N/c1-14(2)5-4-10-11(13(8-14)17-3)6-9(15)7-12(10)16/h6-7,13,17H,4-5,8H2,1-3H3. The Bertz CT molecular complexity index is 426. The van der Waals surface area contributed by atoms with Crippen LogP contribution in [-0.4, -0.2) is 7.05 Å². The zero-order chi connectivity index (χ0) is 12.6. The fraction of sp³-hybridized carbons (Fsp3) is 0.571. The highest BCUT2D eigenvalue weighted by Crippen LogP contribution is 2.40. The van der Waals surface area contributed by atoms with Gasteiger partial charge in [-0.15, -0.1) is 0 Å². The molecule has 0 spiro atoms. The van der Waals surface area contributed by atoms with Gasteiger partial charge in [0, 0.05) is 12.1 Å². The molecule has 2 rings (SSSR count). The molecular weight excluding hydrogens is 220 g/mol. The lowest BCUT2D eigenvalue weighted by Gasteiger charge is -2.26. The summed E-state index contributed by atoms with van der Waals surface area (Å²) in [5.74, 6) is -0.890. The number of halogens is 2. The van der Waals surface area contributed by atoms with E-state index in [2.05, 4.69) is 19.2 Å². The fourth-order valence-electron chi connectivity index (χ4n) is 2.68. The van der Waals surface area contributed by atoms with Crippen LogP contribution in [0.15, 0.2) is 12.1 Å². The summed E-state index contributed by atoms with van der Waals surface area (Å²) in [5, 5.41) is 3.18. The molecule has 94 valence electrons. The first-order valence-corrected chi connectivity index (χ1v) is 6.08. The van der Waals surface area contributed by atoms with Crippen molar-refractivity contribution in [2.75, 3.05) is 7.05 Å². The maximum Gasteiger partial charge on any atom is 0.129 e. The summed E-state index contributed by atoms with van der Waals surface area (Å²) in [7, 11) is 1.85. The molecule has 1 atom stereocenters. The van der Waals surface area contributed by atoms with E-state index in [1.165, 1.54) is 6.07 Å². The molecule has 0 amide bonds. The van der Waals surface area contributed by atoms with E-state index in [-0.39, 0.29) is 11.5 Å². The van der Waals surface area contributed by atoms with E-state index in [4.69, 9.17) is 0 Å². The number of hydrogen-bond acceptors (Lipinski definition) is 1. The summed E-state index contributed by atoms with van der Waals surface area (Å²) in [4.78, 5) is 0. The number of nitrogens with one attached hydrogen (secondary N) is 1. The molecular formula is C14H19F2N. The molecule has 1 aliphatic carbocycles. The van der Waals surface area contributed by atoms with Gasteiger partial charge >= 0.3 is 0 Å². The van der Waals surface area contributed by atoms with E-state index in [9.17, 15) is 8.78 Å². The molecule has 1 nitrogen and oxygen atoms in total. The Hall–Kier alpha value is -0.960. The van der Waals surface area contributed by atoms with Crippen molar-refractivity contribution in [2.24, 2.45) is 5.41 Å². The van der Waals surface area contributed by atoms with E-state index >= 15 is 0 Å². The summed E-state index contributed by atoms with van der Waals surface area (Å²) in [6.07, 6.45) is 2.52. The van der Waals surface area contributed by atoms with Crippen LogP contribution in [0.4, 0.5) is 8.78 Å². The minimum atomic E-state index is -0.485. The zero-order valence-corrected chi connectivity index (χ0v) is 10.6. The minimum absolute atomic E-state index is 0.0349. The summed E-state index contributed by atoms with van der Waals surface area (Å²) < 4.78 is 27.1. The molecule has 0 heterocycles. The van der Waals surface area contributed by atoms with Gasteiger partial charge in [0.25, 0.3) is 0 Å². The van der Waals surface area contributed by atoms with E-state index in [1.54, 1.807) is 0 Å². The highest BCUT2D eigenvalue weighted by molar-refractivity contribution is 5.33. The maximum atomic E-state index is 13.8. The van der Waals surface area contributed by atoms with Gasteiger partial charge in [0.2, 0.25) is 0 Å². The van der Waals surface area contributed by atoms with Gasteiger partial charge < -0.3 is 5.32 Å². The largest absolute Gasteiger partial charge is 0.313 e. The van der Waals surface area contributed by atoms with Crippen LogP contribution in [-0.2, 0) is 6.42 Å². The van der Waals surface area contributed by atoms with Gasteiger partial charge in [-0.2, -0.15) is 0 Å². The van der Waals surface area contributed by atoms with Gasteiger partial charge in [0.1, 0.15) is 11.6 Å². The van der Waals surface area contributed by atoms with Crippen LogP contribution in [0.3, 0.4) is 0 Å². The summed E-state index contributed by atoms with van der Waals surface area (Å²) >= 11 is 0. The zero-order valence-electron chi connectivity index (χ0n) is 10.6. The van der Waals surface area contributed by atoms with Crippen molar-refractivity contribution in [3.63, 3.8) is 0 Å². The molecule has 3 heteroatoms. The summed E-state index contributed by atoms with van der Waals surface area (Å²) in [6.45, 7) is 4.36. The lowest BCUT2D eigenvalue weighted by Crippen LogP contribution is -2.22. The van der Waals surface area contributed by atoms with Gasteiger partial charge in [-0.3, -0.25) is 0 Å². The lowest BCUT2D eigenvalue weighted by atomic mass is 9.83. The van der Waals surface area contributed by atoms with Crippen LogP contribution >= 0.6 is 0 Å². The topological polar surface area (TPSA) is 12.0 Å². The quantitative estimate of drug-likeness (QED) is 0.738. The van der Waals surface area contributed by atoms with E-state index in [0.29, 0.717) is 12.0 Å². The molecule has 17 heavy (non-hydrogen) atoms. The van der Waals surface area contributed by atoms with Gasteiger partial charge in [0.05, 0.1) is 0 Å². The van der Waals surface area contributed by atoms with Crippen molar-refractivity contribution in [2.45, 2.75) is 39.2 Å². The third-order valence-corrected chi connectivity index (χ3v) is 3.73. The van der Waals surface area contributed by atoms with Gasteiger partial charge in [-0.1, -0.05) is 13.8 Å². The first-order chi connectivity index (χ1) is 7.93. The van der Waals surface area contributed by atoms with Crippen molar-refractivity contribution in [3.05, 3.63) is 34.9 Å². The molecule has 1 aliphatic rings. The molecule has 1 N–H and O–H groups in total. The highest BCUT2D eigenvalue weighted by Gasteiger charge is 2.30. The summed E-state index contributed by atoms with van der Waals surface area (Å²) in [5.41, 5.74) is 1.61. The first kappa shape index (κ1) is 12.5. The molecule has 0 saturated carbocycles. The SMILES string of the molecule is CNC1CC(C)(C)CCc2c(F)cc(F)cc21. The molecule has 0 aromatic heterocycles. The normalized spacial score (nSPS) is 23.0. The second-order valence-electron chi connectivity index (χ2n) is 5.66. The molecule has 0 radical (unpaired) electrons. The predicted octanol–water partition coefficient (Wildman–Crippen LogP) is 3.59. The number of benzene rings is 1. The Balaban J connectivity index is 2.50. The predicted molar refractivity (Wildman–Crippen MR) is 64.9 cm³/mol. The molecule has 0 fully saturated rings. The Labute approximate surface area is 101 Å². The number of fused-ring (bicyclic) bond motifs is 1. The minimum Gasteiger partial charge on any atom is -0.313 e. The molecule has 0 aliphatic heterocycles. The van der Waals surface area contributed by atoms with Gasteiger partial charge in [-0.05, 0) is 48.9 Å². The van der Waals surface area contributed by atoms with Crippen molar-refractivity contribution in [3.8, 4) is 0 Å². The van der Waals surface area contributed by atoms with Crippen molar-refractivity contribution in [1.29, 1.82) is 0 Å². The maximum absolute atomic E-state index is 13.8. The Morgan fingerprint density at radius 1 is 1.29 bits per heavy atom. The average Bonchev–Trinajstić information content (AvgIpc) is 2.35. The third kappa shape index (κ3) is 2.49. The molecule has 0 saturated heterocycles. The Morgan fingerprint density at radius 2 is 2.00 bits per heavy atom. The Kier molecular flexibility index (Phi) is 3.21.